The molecule has 2 heteroatoms. The van der Waals surface area contributed by atoms with Crippen molar-refractivity contribution in [3.05, 3.63) is 11.8 Å². The van der Waals surface area contributed by atoms with Crippen LogP contribution in [0.15, 0.2) is 0 Å². The summed E-state index contributed by atoms with van der Waals surface area (Å²) in [6, 6.07) is 0. The lowest BCUT2D eigenvalue weighted by Crippen LogP contribution is -1.72. The Labute approximate surface area is 61.2 Å². The van der Waals surface area contributed by atoms with Crippen LogP contribution in [0.25, 0.3) is 0 Å². The number of hydrogen-bond acceptors (Lipinski definition) is 0. The highest BCUT2D eigenvalue weighted by Gasteiger charge is 1.85. The third-order valence-corrected chi connectivity index (χ3v) is 1.31. The van der Waals surface area contributed by atoms with E-state index in [1.54, 1.807) is 11.8 Å². The van der Waals surface area contributed by atoms with Gasteiger partial charge < -0.3 is 0 Å². The number of unbranched alkanes of at least 4 members (excludes halogenated alkanes) is 3. The molecule has 2 radical (unpaired) electrons. The van der Waals surface area contributed by atoms with Crippen LogP contribution in [0, 0.1) is 11.8 Å². The monoisotopic (exact) mass is 152 g/mol. The molecule has 0 aromatic rings. The zero-order valence-electron chi connectivity index (χ0n) is 4.74. The van der Waals surface area contributed by atoms with Gasteiger partial charge in [-0.1, -0.05) is 12.8 Å². The topological polar surface area (TPSA) is 0 Å². The van der Waals surface area contributed by atoms with E-state index in [0.29, 0.717) is 0 Å². The molecule has 0 aliphatic heterocycles. The zero-order chi connectivity index (χ0) is 6.24. The molecule has 0 aliphatic carbocycles. The summed E-state index contributed by atoms with van der Waals surface area (Å²) in [4.78, 5) is 0. The minimum atomic E-state index is 0.992. The Kier molecular flexibility index (Phi) is 8.13. The van der Waals surface area contributed by atoms with E-state index in [9.17, 15) is 0 Å². The fourth-order valence-electron chi connectivity index (χ4n) is 0.443. The van der Waals surface area contributed by atoms with Gasteiger partial charge in [-0.2, -0.15) is 0 Å². The molecule has 0 spiro atoms. The van der Waals surface area contributed by atoms with Crippen LogP contribution in [-0.2, 0) is 0 Å². The molecule has 0 aromatic carbocycles. The molecule has 0 heterocycles. The molecule has 0 saturated carbocycles. The van der Waals surface area contributed by atoms with Gasteiger partial charge in [-0.15, -0.1) is 23.2 Å². The van der Waals surface area contributed by atoms with Crippen LogP contribution in [0.3, 0.4) is 0 Å². The van der Waals surface area contributed by atoms with E-state index in [4.69, 9.17) is 23.2 Å². The molecular formula is C6H10Cl2. The second kappa shape index (κ2) is 7.58. The predicted molar refractivity (Wildman–Crippen MR) is 38.8 cm³/mol. The lowest BCUT2D eigenvalue weighted by atomic mass is 10.2. The molecule has 8 heavy (non-hydrogen) atoms. The fraction of sp³-hybridized carbons (Fsp3) is 0.667. The first-order valence-electron chi connectivity index (χ1n) is 2.75. The lowest BCUT2D eigenvalue weighted by molar-refractivity contribution is 0.747. The van der Waals surface area contributed by atoms with Crippen molar-refractivity contribution in [2.75, 3.05) is 0 Å². The normalized spacial score (nSPS) is 9.75. The number of halogens is 2. The van der Waals surface area contributed by atoms with E-state index in [-0.39, 0.29) is 0 Å². The Bertz CT molecular complexity index is 31.5. The maximum Gasteiger partial charge on any atom is 0.0499 e. The molecule has 0 rings (SSSR count). The summed E-state index contributed by atoms with van der Waals surface area (Å²) in [5, 5.41) is 0. The van der Waals surface area contributed by atoms with Gasteiger partial charge >= 0.3 is 0 Å². The first-order valence-corrected chi connectivity index (χ1v) is 3.63. The van der Waals surface area contributed by atoms with Crippen molar-refractivity contribution in [2.24, 2.45) is 0 Å². The first kappa shape index (κ1) is 8.58. The summed E-state index contributed by atoms with van der Waals surface area (Å²) >= 11 is 10.6. The quantitative estimate of drug-likeness (QED) is 0.531. The van der Waals surface area contributed by atoms with Gasteiger partial charge in [-0.25, -0.2) is 0 Å². The van der Waals surface area contributed by atoms with E-state index in [0.717, 1.165) is 25.7 Å². The molecule has 48 valence electrons. The summed E-state index contributed by atoms with van der Waals surface area (Å²) < 4.78 is 0. The smallest absolute Gasteiger partial charge is 0.0499 e. The predicted octanol–water partition coefficient (Wildman–Crippen LogP) is 3.35. The third-order valence-electron chi connectivity index (χ3n) is 0.876. The molecule has 0 aliphatic rings. The van der Waals surface area contributed by atoms with Gasteiger partial charge in [0.05, 0.1) is 0 Å². The summed E-state index contributed by atoms with van der Waals surface area (Å²) in [6.07, 6.45) is 4.28. The van der Waals surface area contributed by atoms with Crippen molar-refractivity contribution < 1.29 is 0 Å². The van der Waals surface area contributed by atoms with Crippen molar-refractivity contribution in [3.63, 3.8) is 0 Å². The highest BCUT2D eigenvalue weighted by molar-refractivity contribution is 6.23. The summed E-state index contributed by atoms with van der Waals surface area (Å²) in [5.74, 6) is 3.32. The van der Waals surface area contributed by atoms with Crippen LogP contribution < -0.4 is 0 Å². The average Bonchev–Trinajstić information content (AvgIpc) is 1.81. The van der Waals surface area contributed by atoms with Crippen molar-refractivity contribution in [3.8, 4) is 0 Å². The van der Waals surface area contributed by atoms with Crippen molar-refractivity contribution in [2.45, 2.75) is 25.7 Å². The molecule has 0 bridgehead atoms. The summed E-state index contributed by atoms with van der Waals surface area (Å²) in [6.45, 7) is 0. The SMILES string of the molecule is Cl[CH]CCCC[CH]Cl. The maximum atomic E-state index is 5.31. The molecule has 0 nitrogen and oxygen atoms in total. The molecule has 0 saturated heterocycles. The average molecular weight is 153 g/mol. The maximum absolute atomic E-state index is 5.31. The molecule has 0 unspecified atom stereocenters. The Morgan fingerprint density at radius 3 is 1.50 bits per heavy atom. The fourth-order valence-corrected chi connectivity index (χ4v) is 0.752. The standard InChI is InChI=1S/C6H10Cl2/c7-5-3-1-2-4-6-8/h5-6H,1-4H2. The van der Waals surface area contributed by atoms with Gasteiger partial charge in [0.15, 0.2) is 0 Å². The van der Waals surface area contributed by atoms with Crippen LogP contribution >= 0.6 is 23.2 Å². The number of hydrogen-bond donors (Lipinski definition) is 0. The minimum absolute atomic E-state index is 0.992. The largest absolute Gasteiger partial charge is 0.121 e. The second-order valence-electron chi connectivity index (χ2n) is 1.59. The van der Waals surface area contributed by atoms with Gasteiger partial charge in [0.1, 0.15) is 0 Å². The molecule has 0 N–H and O–H groups in total. The molecule has 0 fully saturated rings. The highest BCUT2D eigenvalue weighted by atomic mass is 35.5. The molecule has 0 aromatic heterocycles. The number of rotatable bonds is 5. The van der Waals surface area contributed by atoms with E-state index in [2.05, 4.69) is 0 Å². The van der Waals surface area contributed by atoms with Crippen LogP contribution in [0.2, 0.25) is 0 Å². The van der Waals surface area contributed by atoms with E-state index in [1.165, 1.54) is 0 Å². The van der Waals surface area contributed by atoms with Crippen molar-refractivity contribution in [1.82, 2.24) is 0 Å². The Balaban J connectivity index is 2.53. The highest BCUT2D eigenvalue weighted by Crippen LogP contribution is 2.06. The van der Waals surface area contributed by atoms with E-state index < -0.39 is 0 Å². The Hall–Kier alpha value is 0.580. The van der Waals surface area contributed by atoms with Crippen molar-refractivity contribution in [1.29, 1.82) is 0 Å². The van der Waals surface area contributed by atoms with Gasteiger partial charge in [0.2, 0.25) is 0 Å². The Morgan fingerprint density at radius 1 is 0.875 bits per heavy atom. The van der Waals surface area contributed by atoms with Gasteiger partial charge in [0.25, 0.3) is 0 Å². The second-order valence-corrected chi connectivity index (χ2v) is 2.21. The lowest BCUT2D eigenvalue weighted by Gasteiger charge is -1.91. The van der Waals surface area contributed by atoms with Crippen LogP contribution in [0.1, 0.15) is 25.7 Å². The van der Waals surface area contributed by atoms with Crippen molar-refractivity contribution >= 4 is 23.2 Å². The summed E-state index contributed by atoms with van der Waals surface area (Å²) in [5.41, 5.74) is 0. The van der Waals surface area contributed by atoms with E-state index in [1.807, 2.05) is 0 Å². The molecule has 0 amide bonds. The van der Waals surface area contributed by atoms with Gasteiger partial charge in [0, 0.05) is 11.8 Å². The van der Waals surface area contributed by atoms with E-state index >= 15 is 0 Å². The summed E-state index contributed by atoms with van der Waals surface area (Å²) in [7, 11) is 0. The van der Waals surface area contributed by atoms with Crippen LogP contribution in [0.5, 0.6) is 0 Å². The van der Waals surface area contributed by atoms with Crippen LogP contribution in [-0.4, -0.2) is 0 Å². The zero-order valence-corrected chi connectivity index (χ0v) is 6.25. The molecule has 0 atom stereocenters. The van der Waals surface area contributed by atoms with Gasteiger partial charge in [-0.3, -0.25) is 0 Å². The van der Waals surface area contributed by atoms with Crippen LogP contribution in [0.4, 0.5) is 0 Å². The first-order chi connectivity index (χ1) is 3.91. The van der Waals surface area contributed by atoms with Gasteiger partial charge in [-0.05, 0) is 12.8 Å². The third kappa shape index (κ3) is 6.58. The Morgan fingerprint density at radius 2 is 1.25 bits per heavy atom. The molecular weight excluding hydrogens is 143 g/mol. The minimum Gasteiger partial charge on any atom is -0.121 e.